The van der Waals surface area contributed by atoms with Crippen molar-refractivity contribution in [1.29, 1.82) is 5.26 Å². The van der Waals surface area contributed by atoms with Crippen molar-refractivity contribution < 1.29 is 14.3 Å². The van der Waals surface area contributed by atoms with Gasteiger partial charge in [-0.15, -0.1) is 0 Å². The Kier molecular flexibility index (Phi) is 5.29. The topological polar surface area (TPSA) is 79.2 Å². The van der Waals surface area contributed by atoms with Gasteiger partial charge >= 0.3 is 5.97 Å². The number of carbonyl (C=O) groups is 2. The lowest BCUT2D eigenvalue weighted by Crippen LogP contribution is -2.28. The van der Waals surface area contributed by atoms with Crippen LogP contribution in [-0.2, 0) is 19.7 Å². The molecule has 1 aliphatic rings. The maximum Gasteiger partial charge on any atom is 0.317 e. The molecule has 1 N–H and O–H groups in total. The first-order valence-corrected chi connectivity index (χ1v) is 9.06. The zero-order valence-corrected chi connectivity index (χ0v) is 15.1. The van der Waals surface area contributed by atoms with Crippen molar-refractivity contribution in [3.05, 3.63) is 59.7 Å². The number of carbonyl (C=O) groups excluding carboxylic acids is 2. The fraction of sp³-hybridized carbons (Fsp3) is 0.250. The number of hydrogen-bond acceptors (Lipinski definition) is 5. The number of benzene rings is 2. The van der Waals surface area contributed by atoms with Crippen LogP contribution in [-0.4, -0.2) is 18.5 Å². The molecule has 0 aromatic heterocycles. The molecule has 1 fully saturated rings. The Morgan fingerprint density at radius 2 is 1.96 bits per heavy atom. The summed E-state index contributed by atoms with van der Waals surface area (Å²) in [6.07, 6.45) is 1.49. The lowest BCUT2D eigenvalue weighted by atomic mass is 9.96. The van der Waals surface area contributed by atoms with Crippen LogP contribution in [0.5, 0.6) is 0 Å². The van der Waals surface area contributed by atoms with Gasteiger partial charge in [-0.1, -0.05) is 30.3 Å². The van der Waals surface area contributed by atoms with Gasteiger partial charge in [0.2, 0.25) is 0 Å². The predicted octanol–water partition coefficient (Wildman–Crippen LogP) is 3.78. The number of hydrogen-bond donors (Lipinski definition) is 1. The molecule has 0 atom stereocenters. The molecular weight excluding hydrogens is 348 g/mol. The predicted molar refractivity (Wildman–Crippen MR) is 99.6 cm³/mol. The summed E-state index contributed by atoms with van der Waals surface area (Å²) in [7, 11) is 0. The molecule has 3 rings (SSSR count). The van der Waals surface area contributed by atoms with Crippen LogP contribution in [0, 0.1) is 17.6 Å². The second kappa shape index (κ2) is 7.63. The molecular formula is C20H18N2O3S. The summed E-state index contributed by atoms with van der Waals surface area (Å²) >= 11 is 1.06. The largest absolute Gasteiger partial charge is 0.455 e. The molecule has 1 saturated carbocycles. The number of nitrogens with zero attached hydrogens (tertiary/aromatic N) is 1. The van der Waals surface area contributed by atoms with E-state index in [0.29, 0.717) is 5.69 Å². The van der Waals surface area contributed by atoms with Crippen LogP contribution in [0.4, 0.5) is 5.69 Å². The fourth-order valence-corrected chi connectivity index (χ4v) is 3.32. The van der Waals surface area contributed by atoms with E-state index < -0.39 is 5.41 Å². The molecule has 1 amide bonds. The first-order valence-electron chi connectivity index (χ1n) is 8.24. The SMILES string of the molecule is Cc1cc(SC#N)ccc1NC(=O)COC(=O)C1(c2ccccc2)CC1. The molecule has 0 aliphatic heterocycles. The van der Waals surface area contributed by atoms with E-state index in [4.69, 9.17) is 10.00 Å². The third kappa shape index (κ3) is 3.89. The summed E-state index contributed by atoms with van der Waals surface area (Å²) < 4.78 is 5.26. The second-order valence-electron chi connectivity index (χ2n) is 6.24. The van der Waals surface area contributed by atoms with Gasteiger partial charge in [0.15, 0.2) is 6.61 Å². The van der Waals surface area contributed by atoms with Crippen LogP contribution < -0.4 is 5.32 Å². The second-order valence-corrected chi connectivity index (χ2v) is 7.10. The number of nitrogens with one attached hydrogen (secondary N) is 1. The Morgan fingerprint density at radius 3 is 2.58 bits per heavy atom. The smallest absolute Gasteiger partial charge is 0.317 e. The molecule has 1 aliphatic carbocycles. The first kappa shape index (κ1) is 18.0. The van der Waals surface area contributed by atoms with Gasteiger partial charge in [-0.3, -0.25) is 9.59 Å². The molecule has 132 valence electrons. The molecule has 0 spiro atoms. The van der Waals surface area contributed by atoms with Crippen molar-refractivity contribution in [2.45, 2.75) is 30.1 Å². The number of thioether (sulfide) groups is 1. The third-order valence-electron chi connectivity index (χ3n) is 4.44. The number of esters is 1. The summed E-state index contributed by atoms with van der Waals surface area (Å²) in [4.78, 5) is 25.4. The van der Waals surface area contributed by atoms with Crippen molar-refractivity contribution in [3.8, 4) is 5.40 Å². The standard InChI is InChI=1S/C20H18N2O3S/c1-14-11-16(26-13-21)7-8-17(14)22-18(23)12-25-19(24)20(9-10-20)15-5-3-2-4-6-15/h2-8,11H,9-10,12H2,1H3,(H,22,23). The van der Waals surface area contributed by atoms with Gasteiger partial charge in [-0.05, 0) is 60.9 Å². The Balaban J connectivity index is 1.56. The third-order valence-corrected chi connectivity index (χ3v) is 5.02. The van der Waals surface area contributed by atoms with E-state index in [-0.39, 0.29) is 18.5 Å². The number of rotatable bonds is 6. The van der Waals surface area contributed by atoms with Crippen LogP contribution in [0.25, 0.3) is 0 Å². The highest BCUT2D eigenvalue weighted by Gasteiger charge is 2.52. The number of aryl methyl sites for hydroxylation is 1. The summed E-state index contributed by atoms with van der Waals surface area (Å²) in [5.41, 5.74) is 1.82. The Bertz CT molecular complexity index is 870. The molecule has 2 aromatic rings. The molecule has 6 heteroatoms. The van der Waals surface area contributed by atoms with Crippen molar-refractivity contribution >= 4 is 29.3 Å². The lowest BCUT2D eigenvalue weighted by molar-refractivity contribution is -0.150. The molecule has 0 saturated heterocycles. The van der Waals surface area contributed by atoms with E-state index in [1.165, 1.54) is 0 Å². The van der Waals surface area contributed by atoms with E-state index in [9.17, 15) is 9.59 Å². The quantitative estimate of drug-likeness (QED) is 0.478. The molecule has 5 nitrogen and oxygen atoms in total. The highest BCUT2D eigenvalue weighted by molar-refractivity contribution is 8.03. The van der Waals surface area contributed by atoms with E-state index in [0.717, 1.165) is 40.6 Å². The van der Waals surface area contributed by atoms with Crippen LogP contribution in [0.3, 0.4) is 0 Å². The molecule has 0 heterocycles. The van der Waals surface area contributed by atoms with Crippen molar-refractivity contribution in [3.63, 3.8) is 0 Å². The van der Waals surface area contributed by atoms with E-state index in [2.05, 4.69) is 5.32 Å². The maximum absolute atomic E-state index is 12.4. The number of thiocyanates is 1. The molecule has 0 radical (unpaired) electrons. The zero-order valence-electron chi connectivity index (χ0n) is 14.3. The minimum absolute atomic E-state index is 0.318. The maximum atomic E-state index is 12.4. The first-order chi connectivity index (χ1) is 12.5. The summed E-state index contributed by atoms with van der Waals surface area (Å²) in [5, 5.41) is 13.4. The van der Waals surface area contributed by atoms with Gasteiger partial charge in [0.05, 0.1) is 5.41 Å². The van der Waals surface area contributed by atoms with Crippen molar-refractivity contribution in [1.82, 2.24) is 0 Å². The summed E-state index contributed by atoms with van der Waals surface area (Å²) in [6.45, 7) is 1.53. The Morgan fingerprint density at radius 1 is 1.23 bits per heavy atom. The Labute approximate surface area is 156 Å². The summed E-state index contributed by atoms with van der Waals surface area (Å²) in [5.74, 6) is -0.734. The monoisotopic (exact) mass is 366 g/mol. The minimum atomic E-state index is -0.590. The molecule has 26 heavy (non-hydrogen) atoms. The zero-order chi connectivity index (χ0) is 18.6. The number of ether oxygens (including phenoxy) is 1. The van der Waals surface area contributed by atoms with Crippen molar-refractivity contribution in [2.75, 3.05) is 11.9 Å². The van der Waals surface area contributed by atoms with Gasteiger partial charge < -0.3 is 10.1 Å². The molecule has 2 aromatic carbocycles. The van der Waals surface area contributed by atoms with Gasteiger partial charge in [0.25, 0.3) is 5.91 Å². The average molecular weight is 366 g/mol. The minimum Gasteiger partial charge on any atom is -0.455 e. The Hall–Kier alpha value is -2.78. The molecule has 0 unspecified atom stereocenters. The normalized spacial score (nSPS) is 14.2. The van der Waals surface area contributed by atoms with Gasteiger partial charge in [0.1, 0.15) is 5.40 Å². The average Bonchev–Trinajstić information content (AvgIpc) is 3.45. The molecule has 0 bridgehead atoms. The lowest BCUT2D eigenvalue weighted by Gasteiger charge is -2.15. The number of amides is 1. The highest BCUT2D eigenvalue weighted by atomic mass is 32.2. The number of nitriles is 1. The highest BCUT2D eigenvalue weighted by Crippen LogP contribution is 2.49. The van der Waals surface area contributed by atoms with Crippen molar-refractivity contribution in [2.24, 2.45) is 0 Å². The van der Waals surface area contributed by atoms with Crippen LogP contribution in [0.2, 0.25) is 0 Å². The van der Waals surface area contributed by atoms with E-state index in [1.54, 1.807) is 12.1 Å². The number of anilines is 1. The van der Waals surface area contributed by atoms with Gasteiger partial charge in [-0.25, -0.2) is 0 Å². The van der Waals surface area contributed by atoms with Crippen LogP contribution in [0.1, 0.15) is 24.0 Å². The van der Waals surface area contributed by atoms with E-state index >= 15 is 0 Å². The fourth-order valence-electron chi connectivity index (χ4n) is 2.84. The van der Waals surface area contributed by atoms with E-state index in [1.807, 2.05) is 48.7 Å². The van der Waals surface area contributed by atoms with Gasteiger partial charge in [-0.2, -0.15) is 5.26 Å². The summed E-state index contributed by atoms with van der Waals surface area (Å²) in [6, 6.07) is 14.8. The van der Waals surface area contributed by atoms with Crippen LogP contribution in [0.15, 0.2) is 53.4 Å². The van der Waals surface area contributed by atoms with Crippen LogP contribution >= 0.6 is 11.8 Å². The van der Waals surface area contributed by atoms with Gasteiger partial charge in [0, 0.05) is 10.6 Å².